The molecule has 15 heavy (non-hydrogen) atoms. The second kappa shape index (κ2) is 4.35. The molecule has 0 amide bonds. The maximum Gasteiger partial charge on any atom is 0.226 e. The van der Waals surface area contributed by atoms with E-state index < -0.39 is 0 Å². The molecule has 82 valence electrons. The van der Waals surface area contributed by atoms with E-state index in [1.54, 1.807) is 0 Å². The van der Waals surface area contributed by atoms with Crippen molar-refractivity contribution in [2.45, 2.75) is 33.1 Å². The zero-order valence-electron chi connectivity index (χ0n) is 9.26. The topological polar surface area (TPSA) is 29.0 Å². The molecule has 1 heterocycles. The molecule has 0 spiro atoms. The third-order valence-electron chi connectivity index (χ3n) is 2.92. The van der Waals surface area contributed by atoms with Crippen LogP contribution in [0.1, 0.15) is 31.5 Å². The Labute approximate surface area is 95.5 Å². The fourth-order valence-corrected chi connectivity index (χ4v) is 2.30. The zero-order chi connectivity index (χ0) is 10.8. The van der Waals surface area contributed by atoms with Gasteiger partial charge in [0.2, 0.25) is 5.95 Å². The number of nitrogens with zero attached hydrogens (tertiary/aromatic N) is 3. The largest absolute Gasteiger partial charge is 0.341 e. The maximum absolute atomic E-state index is 6.16. The van der Waals surface area contributed by atoms with Crippen molar-refractivity contribution in [1.82, 2.24) is 9.97 Å². The van der Waals surface area contributed by atoms with Gasteiger partial charge in [-0.25, -0.2) is 9.97 Å². The molecule has 0 N–H and O–H groups in total. The Bertz CT molecular complexity index is 361. The van der Waals surface area contributed by atoms with Gasteiger partial charge in [-0.15, -0.1) is 0 Å². The summed E-state index contributed by atoms with van der Waals surface area (Å²) in [5.41, 5.74) is 2.31. The summed E-state index contributed by atoms with van der Waals surface area (Å²) in [4.78, 5) is 11.1. The lowest BCUT2D eigenvalue weighted by Crippen LogP contribution is -2.24. The van der Waals surface area contributed by atoms with E-state index in [0.29, 0.717) is 5.15 Å². The Hall–Kier alpha value is -0.830. The Kier molecular flexibility index (Phi) is 3.10. The van der Waals surface area contributed by atoms with Gasteiger partial charge in [0.25, 0.3) is 0 Å². The molecule has 3 nitrogen and oxygen atoms in total. The summed E-state index contributed by atoms with van der Waals surface area (Å²) in [6.07, 6.45) is 3.24. The summed E-state index contributed by atoms with van der Waals surface area (Å²) in [5.74, 6) is 0.783. The number of fused-ring (bicyclic) bond motifs is 1. The fourth-order valence-electron chi connectivity index (χ4n) is 2.02. The number of hydrogen-bond donors (Lipinski definition) is 0. The van der Waals surface area contributed by atoms with Gasteiger partial charge in [0.15, 0.2) is 0 Å². The van der Waals surface area contributed by atoms with Crippen molar-refractivity contribution in [3.63, 3.8) is 0 Å². The van der Waals surface area contributed by atoms with Crippen molar-refractivity contribution in [2.75, 3.05) is 18.0 Å². The highest BCUT2D eigenvalue weighted by molar-refractivity contribution is 6.30. The summed E-state index contributed by atoms with van der Waals surface area (Å²) in [5, 5.41) is 0.652. The van der Waals surface area contributed by atoms with Crippen LogP contribution in [-0.4, -0.2) is 23.1 Å². The van der Waals surface area contributed by atoms with Crippen LogP contribution in [0.2, 0.25) is 5.15 Å². The summed E-state index contributed by atoms with van der Waals surface area (Å²) in [6, 6.07) is 0. The van der Waals surface area contributed by atoms with Crippen molar-refractivity contribution < 1.29 is 0 Å². The molecule has 0 bridgehead atoms. The van der Waals surface area contributed by atoms with Crippen molar-refractivity contribution in [2.24, 2.45) is 0 Å². The van der Waals surface area contributed by atoms with Crippen LogP contribution in [0, 0.1) is 0 Å². The molecule has 1 aliphatic rings. The van der Waals surface area contributed by atoms with Crippen molar-refractivity contribution in [3.8, 4) is 0 Å². The van der Waals surface area contributed by atoms with Crippen LogP contribution in [0.25, 0.3) is 0 Å². The van der Waals surface area contributed by atoms with E-state index in [9.17, 15) is 0 Å². The number of aryl methyl sites for hydroxylation is 1. The molecule has 0 aromatic carbocycles. The molecule has 1 aliphatic carbocycles. The molecule has 1 aromatic heterocycles. The smallest absolute Gasteiger partial charge is 0.226 e. The summed E-state index contributed by atoms with van der Waals surface area (Å²) in [7, 11) is 0. The minimum absolute atomic E-state index is 0.652. The normalized spacial score (nSPS) is 14.1. The van der Waals surface area contributed by atoms with Crippen LogP contribution in [0.5, 0.6) is 0 Å². The molecule has 0 fully saturated rings. The van der Waals surface area contributed by atoms with Gasteiger partial charge in [-0.05, 0) is 33.1 Å². The number of aromatic nitrogens is 2. The van der Waals surface area contributed by atoms with E-state index in [1.165, 1.54) is 0 Å². The van der Waals surface area contributed by atoms with Crippen molar-refractivity contribution in [1.29, 1.82) is 0 Å². The molecule has 0 atom stereocenters. The van der Waals surface area contributed by atoms with E-state index in [1.807, 2.05) is 0 Å². The number of halogens is 1. The lowest BCUT2D eigenvalue weighted by Gasteiger charge is -2.19. The Morgan fingerprint density at radius 2 is 1.93 bits per heavy atom. The van der Waals surface area contributed by atoms with E-state index in [-0.39, 0.29) is 0 Å². The second-order valence-corrected chi connectivity index (χ2v) is 4.12. The molecule has 0 radical (unpaired) electrons. The van der Waals surface area contributed by atoms with E-state index in [2.05, 4.69) is 28.7 Å². The van der Waals surface area contributed by atoms with Crippen LogP contribution in [-0.2, 0) is 12.8 Å². The highest BCUT2D eigenvalue weighted by Crippen LogP contribution is 2.27. The SMILES string of the molecule is CCN(CC)c1nc(Cl)c2c(n1)CCC2. The average molecular weight is 226 g/mol. The highest BCUT2D eigenvalue weighted by atomic mass is 35.5. The van der Waals surface area contributed by atoms with Gasteiger partial charge in [-0.2, -0.15) is 0 Å². The summed E-state index contributed by atoms with van der Waals surface area (Å²) < 4.78 is 0. The molecular weight excluding hydrogens is 210 g/mol. The first-order valence-corrected chi connectivity index (χ1v) is 5.94. The van der Waals surface area contributed by atoms with Crippen LogP contribution >= 0.6 is 11.6 Å². The van der Waals surface area contributed by atoms with Crippen LogP contribution in [0.4, 0.5) is 5.95 Å². The minimum atomic E-state index is 0.652. The predicted octanol–water partition coefficient (Wildman–Crippen LogP) is 2.46. The molecule has 1 aromatic rings. The zero-order valence-corrected chi connectivity index (χ0v) is 10.0. The molecule has 0 saturated heterocycles. The van der Waals surface area contributed by atoms with Gasteiger partial charge in [-0.3, -0.25) is 0 Å². The van der Waals surface area contributed by atoms with Gasteiger partial charge >= 0.3 is 0 Å². The van der Waals surface area contributed by atoms with Gasteiger partial charge in [0.05, 0.1) is 5.69 Å². The molecule has 0 unspecified atom stereocenters. The lowest BCUT2D eigenvalue weighted by atomic mass is 10.3. The first-order valence-electron chi connectivity index (χ1n) is 5.56. The van der Waals surface area contributed by atoms with E-state index >= 15 is 0 Å². The molecular formula is C11H16ClN3. The Morgan fingerprint density at radius 3 is 2.60 bits per heavy atom. The monoisotopic (exact) mass is 225 g/mol. The van der Waals surface area contributed by atoms with Gasteiger partial charge < -0.3 is 4.90 Å². The van der Waals surface area contributed by atoms with Crippen molar-refractivity contribution in [3.05, 3.63) is 16.4 Å². The molecule has 2 rings (SSSR count). The molecule has 4 heteroatoms. The first kappa shape index (κ1) is 10.7. The van der Waals surface area contributed by atoms with Crippen LogP contribution in [0.3, 0.4) is 0 Å². The lowest BCUT2D eigenvalue weighted by molar-refractivity contribution is 0.811. The second-order valence-electron chi connectivity index (χ2n) is 3.77. The number of rotatable bonds is 3. The third-order valence-corrected chi connectivity index (χ3v) is 3.23. The Balaban J connectivity index is 2.38. The summed E-state index contributed by atoms with van der Waals surface area (Å²) in [6.45, 7) is 6.05. The number of anilines is 1. The first-order chi connectivity index (χ1) is 7.26. The van der Waals surface area contributed by atoms with Crippen molar-refractivity contribution >= 4 is 17.5 Å². The standard InChI is InChI=1S/C11H16ClN3/c1-3-15(4-2)11-13-9-7-5-6-8(9)10(12)14-11/h3-7H2,1-2H3. The predicted molar refractivity (Wildman–Crippen MR) is 62.6 cm³/mol. The van der Waals surface area contributed by atoms with E-state index in [4.69, 9.17) is 11.6 Å². The average Bonchev–Trinajstić information content (AvgIpc) is 2.68. The van der Waals surface area contributed by atoms with Crippen LogP contribution in [0.15, 0.2) is 0 Å². The maximum atomic E-state index is 6.16. The fraction of sp³-hybridized carbons (Fsp3) is 0.636. The highest BCUT2D eigenvalue weighted by Gasteiger charge is 2.19. The minimum Gasteiger partial charge on any atom is -0.341 e. The van der Waals surface area contributed by atoms with Gasteiger partial charge in [0.1, 0.15) is 5.15 Å². The Morgan fingerprint density at radius 1 is 1.20 bits per heavy atom. The molecule has 0 saturated carbocycles. The van der Waals surface area contributed by atoms with Crippen LogP contribution < -0.4 is 4.90 Å². The third kappa shape index (κ3) is 1.93. The molecule has 0 aliphatic heterocycles. The van der Waals surface area contributed by atoms with Gasteiger partial charge in [0, 0.05) is 18.7 Å². The summed E-state index contributed by atoms with van der Waals surface area (Å²) >= 11 is 6.16. The van der Waals surface area contributed by atoms with E-state index in [0.717, 1.165) is 49.6 Å². The van der Waals surface area contributed by atoms with Gasteiger partial charge in [-0.1, -0.05) is 11.6 Å². The quantitative estimate of drug-likeness (QED) is 0.740. The number of hydrogen-bond acceptors (Lipinski definition) is 3.